The number of likely N-dealkylation sites (tertiary alicyclic amines) is 1. The maximum Gasteiger partial charge on any atom is 0.317 e. The van der Waals surface area contributed by atoms with E-state index in [0.717, 1.165) is 32.2 Å². The minimum Gasteiger partial charge on any atom is -0.335 e. The monoisotopic (exact) mass is 291 g/mol. The maximum atomic E-state index is 12.6. The summed E-state index contributed by atoms with van der Waals surface area (Å²) < 4.78 is 0. The lowest BCUT2D eigenvalue weighted by atomic mass is 9.96. The summed E-state index contributed by atoms with van der Waals surface area (Å²) in [5.74, 6) is -0.0117. The van der Waals surface area contributed by atoms with Gasteiger partial charge in [-0.1, -0.05) is 12.2 Å². The molecule has 1 N–H and O–H groups in total. The lowest BCUT2D eigenvalue weighted by Crippen LogP contribution is -2.50. The highest BCUT2D eigenvalue weighted by atomic mass is 16.2. The Labute approximate surface area is 126 Å². The van der Waals surface area contributed by atoms with Crippen molar-refractivity contribution in [1.29, 1.82) is 0 Å². The van der Waals surface area contributed by atoms with Crippen LogP contribution < -0.4 is 5.32 Å². The number of rotatable bonds is 6. The van der Waals surface area contributed by atoms with Crippen LogP contribution in [0.2, 0.25) is 0 Å². The summed E-state index contributed by atoms with van der Waals surface area (Å²) in [6, 6.07) is 0.334. The average molecular weight is 291 g/mol. The fourth-order valence-electron chi connectivity index (χ4n) is 2.68. The zero-order chi connectivity index (χ0) is 15.2. The van der Waals surface area contributed by atoms with Gasteiger partial charge in [-0.3, -0.25) is 4.79 Å². The molecule has 0 bridgehead atoms. The van der Waals surface area contributed by atoms with Gasteiger partial charge in [0.05, 0.1) is 5.92 Å². The molecule has 1 saturated heterocycles. The van der Waals surface area contributed by atoms with Crippen molar-refractivity contribution in [3.8, 4) is 0 Å². The summed E-state index contributed by atoms with van der Waals surface area (Å²) in [6.45, 7) is 9.68. The quantitative estimate of drug-likeness (QED) is 0.758. The van der Waals surface area contributed by atoms with Crippen LogP contribution in [-0.4, -0.2) is 54.0 Å². The lowest BCUT2D eigenvalue weighted by molar-refractivity contribution is -0.135. The van der Waals surface area contributed by atoms with E-state index in [-0.39, 0.29) is 17.9 Å². The number of carbonyl (C=O) groups excluding carboxylic acids is 2. The molecule has 1 heterocycles. The van der Waals surface area contributed by atoms with Crippen LogP contribution in [0.5, 0.6) is 0 Å². The van der Waals surface area contributed by atoms with Gasteiger partial charge >= 0.3 is 6.03 Å². The van der Waals surface area contributed by atoms with Gasteiger partial charge in [0.25, 0.3) is 0 Å². The molecular formula is C16H25N3O2. The maximum absolute atomic E-state index is 12.6. The fraction of sp³-hybridized carbons (Fsp3) is 0.625. The normalized spacial score (nSPS) is 21.5. The summed E-state index contributed by atoms with van der Waals surface area (Å²) >= 11 is 0. The van der Waals surface area contributed by atoms with Crippen LogP contribution in [0.1, 0.15) is 25.7 Å². The Morgan fingerprint density at radius 2 is 1.86 bits per heavy atom. The van der Waals surface area contributed by atoms with Crippen LogP contribution in [0.25, 0.3) is 0 Å². The van der Waals surface area contributed by atoms with E-state index >= 15 is 0 Å². The molecule has 5 heteroatoms. The minimum atomic E-state index is -0.108. The van der Waals surface area contributed by atoms with Crippen LogP contribution >= 0.6 is 0 Å². The highest BCUT2D eigenvalue weighted by Gasteiger charge is 2.32. The first-order valence-electron chi connectivity index (χ1n) is 7.71. The first-order valence-corrected chi connectivity index (χ1v) is 7.71. The Balaban J connectivity index is 1.91. The van der Waals surface area contributed by atoms with E-state index in [4.69, 9.17) is 0 Å². The van der Waals surface area contributed by atoms with Crippen molar-refractivity contribution in [2.45, 2.75) is 31.7 Å². The molecule has 116 valence electrons. The highest BCUT2D eigenvalue weighted by Crippen LogP contribution is 2.22. The van der Waals surface area contributed by atoms with Crippen molar-refractivity contribution < 1.29 is 9.59 Å². The Hall–Kier alpha value is -1.78. The smallest absolute Gasteiger partial charge is 0.317 e. The molecule has 2 rings (SSSR count). The molecule has 0 spiro atoms. The molecule has 2 fully saturated rings. The van der Waals surface area contributed by atoms with Crippen molar-refractivity contribution in [3.63, 3.8) is 0 Å². The molecule has 2 aliphatic rings. The van der Waals surface area contributed by atoms with E-state index in [1.807, 2.05) is 0 Å². The van der Waals surface area contributed by atoms with Gasteiger partial charge in [0, 0.05) is 32.2 Å². The van der Waals surface area contributed by atoms with Gasteiger partial charge in [-0.25, -0.2) is 4.79 Å². The number of piperidine rings is 1. The third kappa shape index (κ3) is 4.34. The van der Waals surface area contributed by atoms with Crippen LogP contribution in [0.4, 0.5) is 4.79 Å². The van der Waals surface area contributed by atoms with Gasteiger partial charge in [0.15, 0.2) is 0 Å². The SMILES string of the molecule is C=CCN(CC=C)C(=O)C1CCCN(C(=O)NC2CC2)C1. The predicted octanol–water partition coefficient (Wildman–Crippen LogP) is 1.77. The van der Waals surface area contributed by atoms with Crippen molar-refractivity contribution in [2.24, 2.45) is 5.92 Å². The van der Waals surface area contributed by atoms with Crippen LogP contribution in [0.3, 0.4) is 0 Å². The van der Waals surface area contributed by atoms with Crippen LogP contribution in [-0.2, 0) is 4.79 Å². The number of hydrogen-bond donors (Lipinski definition) is 1. The van der Waals surface area contributed by atoms with E-state index in [2.05, 4.69) is 18.5 Å². The molecule has 3 amide bonds. The molecule has 1 aliphatic carbocycles. The molecule has 5 nitrogen and oxygen atoms in total. The third-order valence-electron chi connectivity index (χ3n) is 3.97. The van der Waals surface area contributed by atoms with E-state index in [9.17, 15) is 9.59 Å². The average Bonchev–Trinajstić information content (AvgIpc) is 3.30. The minimum absolute atomic E-state index is 0.0195. The zero-order valence-corrected chi connectivity index (χ0v) is 12.6. The number of nitrogens with zero attached hydrogens (tertiary/aromatic N) is 2. The number of hydrogen-bond acceptors (Lipinski definition) is 2. The molecule has 0 radical (unpaired) electrons. The van der Waals surface area contributed by atoms with Gasteiger partial charge in [0.1, 0.15) is 0 Å². The topological polar surface area (TPSA) is 52.7 Å². The van der Waals surface area contributed by atoms with Gasteiger partial charge < -0.3 is 15.1 Å². The Morgan fingerprint density at radius 1 is 1.19 bits per heavy atom. The molecule has 1 aliphatic heterocycles. The van der Waals surface area contributed by atoms with Crippen molar-refractivity contribution in [1.82, 2.24) is 15.1 Å². The number of urea groups is 1. The van der Waals surface area contributed by atoms with Crippen LogP contribution in [0, 0.1) is 5.92 Å². The summed E-state index contributed by atoms with van der Waals surface area (Å²) in [7, 11) is 0. The second-order valence-corrected chi connectivity index (χ2v) is 5.83. The second-order valence-electron chi connectivity index (χ2n) is 5.83. The van der Waals surface area contributed by atoms with Gasteiger partial charge in [-0.15, -0.1) is 13.2 Å². The van der Waals surface area contributed by atoms with Crippen molar-refractivity contribution in [2.75, 3.05) is 26.2 Å². The van der Waals surface area contributed by atoms with Crippen molar-refractivity contribution in [3.05, 3.63) is 25.3 Å². The third-order valence-corrected chi connectivity index (χ3v) is 3.97. The number of amides is 3. The molecule has 1 atom stereocenters. The van der Waals surface area contributed by atoms with Gasteiger partial charge in [-0.2, -0.15) is 0 Å². The Bertz CT molecular complexity index is 408. The Morgan fingerprint density at radius 3 is 2.43 bits per heavy atom. The number of nitrogens with one attached hydrogen (secondary N) is 1. The standard InChI is InChI=1S/C16H25N3O2/c1-3-9-18(10-4-2)15(20)13-6-5-11-19(12-13)16(21)17-14-7-8-14/h3-4,13-14H,1-2,5-12H2,(H,17,21). The second kappa shape index (κ2) is 7.29. The first-order chi connectivity index (χ1) is 10.2. The van der Waals surface area contributed by atoms with Gasteiger partial charge in [-0.05, 0) is 25.7 Å². The molecule has 0 aromatic carbocycles. The fourth-order valence-corrected chi connectivity index (χ4v) is 2.68. The highest BCUT2D eigenvalue weighted by molar-refractivity contribution is 5.81. The summed E-state index contributed by atoms with van der Waals surface area (Å²) in [6.07, 6.45) is 7.33. The molecular weight excluding hydrogens is 266 g/mol. The molecule has 21 heavy (non-hydrogen) atoms. The van der Waals surface area contributed by atoms with E-state index in [1.54, 1.807) is 22.0 Å². The van der Waals surface area contributed by atoms with Crippen LogP contribution in [0.15, 0.2) is 25.3 Å². The van der Waals surface area contributed by atoms with E-state index in [1.165, 1.54) is 0 Å². The Kier molecular flexibility index (Phi) is 5.42. The zero-order valence-electron chi connectivity index (χ0n) is 12.6. The molecule has 0 aromatic rings. The predicted molar refractivity (Wildman–Crippen MR) is 82.8 cm³/mol. The van der Waals surface area contributed by atoms with E-state index in [0.29, 0.717) is 25.7 Å². The van der Waals surface area contributed by atoms with E-state index < -0.39 is 0 Å². The summed E-state index contributed by atoms with van der Waals surface area (Å²) in [5, 5.41) is 2.99. The summed E-state index contributed by atoms with van der Waals surface area (Å²) in [5.41, 5.74) is 0. The first kappa shape index (κ1) is 15.6. The van der Waals surface area contributed by atoms with Gasteiger partial charge in [0.2, 0.25) is 5.91 Å². The summed E-state index contributed by atoms with van der Waals surface area (Å²) in [4.78, 5) is 28.2. The molecule has 0 aromatic heterocycles. The number of carbonyl (C=O) groups is 2. The molecule has 1 saturated carbocycles. The lowest BCUT2D eigenvalue weighted by Gasteiger charge is -2.34. The molecule has 1 unspecified atom stereocenters. The van der Waals surface area contributed by atoms with Crippen molar-refractivity contribution >= 4 is 11.9 Å². The largest absolute Gasteiger partial charge is 0.335 e.